The van der Waals surface area contributed by atoms with Gasteiger partial charge in [-0.25, -0.2) is 9.18 Å². The highest BCUT2D eigenvalue weighted by molar-refractivity contribution is 7.80. The lowest BCUT2D eigenvalue weighted by molar-refractivity contribution is 0.0734. The largest absolute Gasteiger partial charge is 0.423 e. The molecule has 0 saturated heterocycles. The van der Waals surface area contributed by atoms with Gasteiger partial charge in [-0.15, -0.1) is 0 Å². The Labute approximate surface area is 138 Å². The maximum atomic E-state index is 12.8. The van der Waals surface area contributed by atoms with Gasteiger partial charge in [0, 0.05) is 7.05 Å². The molecule has 0 unspecified atom stereocenters. The molecular weight excluding hydrogens is 317 g/mol. The fourth-order valence-electron chi connectivity index (χ4n) is 1.60. The molecule has 0 amide bonds. The quantitative estimate of drug-likeness (QED) is 0.296. The predicted octanol–water partition coefficient (Wildman–Crippen LogP) is 2.47. The highest BCUT2D eigenvalue weighted by atomic mass is 32.1. The number of hydrazone groups is 1. The van der Waals surface area contributed by atoms with Gasteiger partial charge in [0.15, 0.2) is 5.11 Å². The van der Waals surface area contributed by atoms with Gasteiger partial charge in [0.2, 0.25) is 0 Å². The fraction of sp³-hybridized carbons (Fsp3) is 0.0625. The lowest BCUT2D eigenvalue weighted by Crippen LogP contribution is -2.28. The third-order valence-electron chi connectivity index (χ3n) is 2.78. The maximum Gasteiger partial charge on any atom is 0.343 e. The summed E-state index contributed by atoms with van der Waals surface area (Å²) in [5.41, 5.74) is 3.71. The molecule has 0 spiro atoms. The normalized spacial score (nSPS) is 10.3. The molecule has 0 aliphatic rings. The Bertz CT molecular complexity index is 715. The van der Waals surface area contributed by atoms with Crippen molar-refractivity contribution in [3.63, 3.8) is 0 Å². The van der Waals surface area contributed by atoms with Crippen molar-refractivity contribution in [2.24, 2.45) is 5.10 Å². The minimum absolute atomic E-state index is 0.279. The molecule has 2 N–H and O–H groups in total. The van der Waals surface area contributed by atoms with Gasteiger partial charge in [0.05, 0.1) is 11.8 Å². The number of carbonyl (C=O) groups excluding carboxylic acids is 1. The molecule has 0 fully saturated rings. The Morgan fingerprint density at radius 1 is 1.17 bits per heavy atom. The summed E-state index contributed by atoms with van der Waals surface area (Å²) < 4.78 is 18.0. The van der Waals surface area contributed by atoms with Crippen LogP contribution in [0, 0.1) is 5.82 Å². The molecule has 0 atom stereocenters. The summed E-state index contributed by atoms with van der Waals surface area (Å²) in [7, 11) is 1.69. The maximum absolute atomic E-state index is 12.8. The summed E-state index contributed by atoms with van der Waals surface area (Å²) in [6.45, 7) is 0. The van der Waals surface area contributed by atoms with E-state index in [1.54, 1.807) is 37.5 Å². The van der Waals surface area contributed by atoms with Crippen LogP contribution < -0.4 is 15.5 Å². The number of rotatable bonds is 4. The molecule has 2 rings (SSSR count). The van der Waals surface area contributed by atoms with Gasteiger partial charge in [0.25, 0.3) is 0 Å². The van der Waals surface area contributed by atoms with Crippen LogP contribution in [0.4, 0.5) is 4.39 Å². The summed E-state index contributed by atoms with van der Waals surface area (Å²) in [6, 6.07) is 11.9. The topological polar surface area (TPSA) is 62.7 Å². The first-order chi connectivity index (χ1) is 11.1. The van der Waals surface area contributed by atoms with Crippen LogP contribution in [-0.2, 0) is 0 Å². The zero-order valence-corrected chi connectivity index (χ0v) is 13.1. The summed E-state index contributed by atoms with van der Waals surface area (Å²) in [5.74, 6) is -0.570. The lowest BCUT2D eigenvalue weighted by Gasteiger charge is -2.04. The van der Waals surface area contributed by atoms with Gasteiger partial charge in [-0.2, -0.15) is 5.10 Å². The molecule has 0 heterocycles. The number of benzene rings is 2. The van der Waals surface area contributed by atoms with Gasteiger partial charge >= 0.3 is 5.97 Å². The minimum atomic E-state index is -0.549. The molecule has 2 aromatic rings. The van der Waals surface area contributed by atoms with E-state index in [1.807, 2.05) is 0 Å². The summed E-state index contributed by atoms with van der Waals surface area (Å²) in [5, 5.41) is 7.07. The zero-order chi connectivity index (χ0) is 16.7. The van der Waals surface area contributed by atoms with Crippen molar-refractivity contribution in [2.45, 2.75) is 0 Å². The average Bonchev–Trinajstić information content (AvgIpc) is 2.56. The van der Waals surface area contributed by atoms with Crippen LogP contribution in [0.25, 0.3) is 0 Å². The minimum Gasteiger partial charge on any atom is -0.423 e. The first-order valence-corrected chi connectivity index (χ1v) is 7.08. The molecule has 2 aromatic carbocycles. The number of esters is 1. The summed E-state index contributed by atoms with van der Waals surface area (Å²) in [4.78, 5) is 11.9. The van der Waals surface area contributed by atoms with Gasteiger partial charge < -0.3 is 10.1 Å². The molecule has 5 nitrogen and oxygen atoms in total. The number of carbonyl (C=O) groups is 1. The number of thiocarbonyl (C=S) groups is 1. The van der Waals surface area contributed by atoms with Crippen molar-refractivity contribution < 1.29 is 13.9 Å². The van der Waals surface area contributed by atoms with Crippen LogP contribution in [0.2, 0.25) is 0 Å². The van der Waals surface area contributed by atoms with Gasteiger partial charge in [-0.1, -0.05) is 0 Å². The van der Waals surface area contributed by atoms with Crippen molar-refractivity contribution in [1.29, 1.82) is 0 Å². The first kappa shape index (κ1) is 16.6. The van der Waals surface area contributed by atoms with Crippen LogP contribution >= 0.6 is 12.2 Å². The lowest BCUT2D eigenvalue weighted by atomic mass is 10.2. The monoisotopic (exact) mass is 331 g/mol. The predicted molar refractivity (Wildman–Crippen MR) is 90.2 cm³/mol. The van der Waals surface area contributed by atoms with Crippen molar-refractivity contribution in [3.8, 4) is 5.75 Å². The fourth-order valence-corrected chi connectivity index (χ4v) is 1.65. The molecule has 7 heteroatoms. The van der Waals surface area contributed by atoms with E-state index < -0.39 is 11.8 Å². The molecule has 0 bridgehead atoms. The third kappa shape index (κ3) is 5.15. The van der Waals surface area contributed by atoms with Crippen molar-refractivity contribution in [2.75, 3.05) is 7.05 Å². The number of halogens is 1. The van der Waals surface area contributed by atoms with Crippen LogP contribution in [0.15, 0.2) is 53.6 Å². The Morgan fingerprint density at radius 2 is 1.83 bits per heavy atom. The molecule has 23 heavy (non-hydrogen) atoms. The van der Waals surface area contributed by atoms with Crippen LogP contribution in [0.5, 0.6) is 5.75 Å². The Balaban J connectivity index is 1.95. The van der Waals surface area contributed by atoms with E-state index in [9.17, 15) is 9.18 Å². The number of ether oxygens (including phenoxy) is 1. The average molecular weight is 331 g/mol. The molecule has 0 aliphatic heterocycles. The molecular formula is C16H14FN3O2S. The number of nitrogens with one attached hydrogen (secondary N) is 2. The second-order valence-electron chi connectivity index (χ2n) is 4.41. The Kier molecular flexibility index (Phi) is 5.76. The standard InChI is InChI=1S/C16H14FN3O2S/c1-18-16(23)20-19-10-11-2-8-14(9-3-11)22-15(21)12-4-6-13(17)7-5-12/h2-10H,1H3,(H2,18,20,23)/b19-10+. The molecule has 0 aromatic heterocycles. The van der Waals surface area contributed by atoms with E-state index in [1.165, 1.54) is 24.3 Å². The van der Waals surface area contributed by atoms with E-state index in [2.05, 4.69) is 15.8 Å². The molecule has 0 saturated carbocycles. The van der Waals surface area contributed by atoms with E-state index in [4.69, 9.17) is 17.0 Å². The molecule has 0 radical (unpaired) electrons. The van der Waals surface area contributed by atoms with Gasteiger partial charge in [0.1, 0.15) is 11.6 Å². The van der Waals surface area contributed by atoms with E-state index in [0.29, 0.717) is 10.9 Å². The molecule has 118 valence electrons. The number of hydrogen-bond acceptors (Lipinski definition) is 4. The zero-order valence-electron chi connectivity index (χ0n) is 12.2. The second kappa shape index (κ2) is 8.00. The third-order valence-corrected chi connectivity index (χ3v) is 3.07. The van der Waals surface area contributed by atoms with E-state index in [0.717, 1.165) is 5.56 Å². The van der Waals surface area contributed by atoms with Crippen LogP contribution in [0.1, 0.15) is 15.9 Å². The highest BCUT2D eigenvalue weighted by Gasteiger charge is 2.08. The second-order valence-corrected chi connectivity index (χ2v) is 4.82. The van der Waals surface area contributed by atoms with E-state index >= 15 is 0 Å². The Morgan fingerprint density at radius 3 is 2.43 bits per heavy atom. The smallest absolute Gasteiger partial charge is 0.343 e. The molecule has 0 aliphatic carbocycles. The van der Waals surface area contributed by atoms with Crippen LogP contribution in [0.3, 0.4) is 0 Å². The van der Waals surface area contributed by atoms with Crippen molar-refractivity contribution in [1.82, 2.24) is 10.7 Å². The van der Waals surface area contributed by atoms with Crippen molar-refractivity contribution >= 4 is 29.5 Å². The summed E-state index contributed by atoms with van der Waals surface area (Å²) in [6.07, 6.45) is 1.58. The number of hydrogen-bond donors (Lipinski definition) is 2. The van der Waals surface area contributed by atoms with Gasteiger partial charge in [-0.05, 0) is 66.3 Å². The number of nitrogens with zero attached hydrogens (tertiary/aromatic N) is 1. The summed E-state index contributed by atoms with van der Waals surface area (Å²) >= 11 is 4.88. The Hall–Kier alpha value is -2.80. The van der Waals surface area contributed by atoms with Crippen LogP contribution in [-0.4, -0.2) is 24.3 Å². The highest BCUT2D eigenvalue weighted by Crippen LogP contribution is 2.14. The first-order valence-electron chi connectivity index (χ1n) is 6.67. The SMILES string of the molecule is CNC(=S)N/N=C/c1ccc(OC(=O)c2ccc(F)cc2)cc1. The van der Waals surface area contributed by atoms with Gasteiger partial charge in [-0.3, -0.25) is 5.43 Å². The van der Waals surface area contributed by atoms with E-state index in [-0.39, 0.29) is 5.56 Å². The van der Waals surface area contributed by atoms with Crippen molar-refractivity contribution in [3.05, 3.63) is 65.5 Å².